The van der Waals surface area contributed by atoms with E-state index in [-0.39, 0.29) is 5.78 Å². The Labute approximate surface area is 231 Å². The second kappa shape index (κ2) is 11.6. The maximum atomic E-state index is 11.6. The summed E-state index contributed by atoms with van der Waals surface area (Å²) in [7, 11) is 0. The topological polar surface area (TPSA) is 67.8 Å². The van der Waals surface area contributed by atoms with Crippen LogP contribution in [0.4, 0.5) is 28.8 Å². The molecule has 3 aliphatic rings. The van der Waals surface area contributed by atoms with Crippen molar-refractivity contribution in [1.82, 2.24) is 14.9 Å². The van der Waals surface area contributed by atoms with Gasteiger partial charge in [0.15, 0.2) is 5.78 Å². The molecule has 8 nitrogen and oxygen atoms in total. The molecule has 1 aromatic heterocycles. The maximum Gasteiger partial charge on any atom is 0.229 e. The van der Waals surface area contributed by atoms with Crippen LogP contribution in [0.5, 0.6) is 0 Å². The van der Waals surface area contributed by atoms with E-state index >= 15 is 0 Å². The van der Waals surface area contributed by atoms with E-state index in [1.165, 1.54) is 44.5 Å². The summed E-state index contributed by atoms with van der Waals surface area (Å²) in [5.41, 5.74) is 4.21. The molecule has 1 N–H and O–H groups in total. The van der Waals surface area contributed by atoms with Crippen LogP contribution in [0, 0.1) is 0 Å². The van der Waals surface area contributed by atoms with Gasteiger partial charge in [0, 0.05) is 74.1 Å². The number of likely N-dealkylation sites (tertiary alicyclic amines) is 1. The third-order valence-corrected chi connectivity index (χ3v) is 8.49. The van der Waals surface area contributed by atoms with Gasteiger partial charge in [-0.2, -0.15) is 4.98 Å². The molecule has 0 radical (unpaired) electrons. The second-order valence-corrected chi connectivity index (χ2v) is 10.9. The smallest absolute Gasteiger partial charge is 0.229 e. The van der Waals surface area contributed by atoms with Crippen molar-refractivity contribution in [2.45, 2.75) is 38.6 Å². The van der Waals surface area contributed by atoms with Gasteiger partial charge in [0.2, 0.25) is 5.95 Å². The number of anilines is 5. The van der Waals surface area contributed by atoms with E-state index in [1.807, 2.05) is 36.5 Å². The third-order valence-electron chi connectivity index (χ3n) is 8.49. The van der Waals surface area contributed by atoms with Gasteiger partial charge < -0.3 is 24.9 Å². The van der Waals surface area contributed by atoms with E-state index in [2.05, 4.69) is 54.2 Å². The van der Waals surface area contributed by atoms with Gasteiger partial charge in [-0.3, -0.25) is 4.79 Å². The van der Waals surface area contributed by atoms with Crippen LogP contribution in [0.15, 0.2) is 60.8 Å². The van der Waals surface area contributed by atoms with Gasteiger partial charge in [-0.15, -0.1) is 0 Å². The van der Waals surface area contributed by atoms with Crippen molar-refractivity contribution < 1.29 is 4.79 Å². The molecule has 204 valence electrons. The number of Topliss-reactive ketones (excluding diaryl/α,β-unsaturated/α-hetero) is 1. The molecule has 0 amide bonds. The molecule has 0 atom stereocenters. The van der Waals surface area contributed by atoms with Crippen LogP contribution in [0.25, 0.3) is 0 Å². The lowest BCUT2D eigenvalue weighted by atomic mass is 10.0. The van der Waals surface area contributed by atoms with Crippen LogP contribution in [0.2, 0.25) is 0 Å². The van der Waals surface area contributed by atoms with Crippen molar-refractivity contribution >= 4 is 34.6 Å². The summed E-state index contributed by atoms with van der Waals surface area (Å²) in [6.45, 7) is 10.0. The molecule has 0 spiro atoms. The molecule has 6 rings (SSSR count). The van der Waals surface area contributed by atoms with E-state index in [0.29, 0.717) is 5.95 Å². The molecular formula is C31H39N7O. The zero-order chi connectivity index (χ0) is 26.6. The zero-order valence-electron chi connectivity index (χ0n) is 22.9. The molecule has 0 aliphatic carbocycles. The van der Waals surface area contributed by atoms with Crippen molar-refractivity contribution in [1.29, 1.82) is 0 Å². The van der Waals surface area contributed by atoms with Gasteiger partial charge in [-0.25, -0.2) is 4.98 Å². The van der Waals surface area contributed by atoms with E-state index in [1.54, 1.807) is 6.92 Å². The fourth-order valence-corrected chi connectivity index (χ4v) is 6.17. The maximum absolute atomic E-state index is 11.6. The molecule has 3 aromatic rings. The highest BCUT2D eigenvalue weighted by Crippen LogP contribution is 2.27. The number of piperazine rings is 1. The minimum Gasteiger partial charge on any atom is -0.371 e. The van der Waals surface area contributed by atoms with Crippen LogP contribution >= 0.6 is 0 Å². The fourth-order valence-electron chi connectivity index (χ4n) is 6.17. The minimum atomic E-state index is 0.100. The number of rotatable bonds is 7. The minimum absolute atomic E-state index is 0.100. The summed E-state index contributed by atoms with van der Waals surface area (Å²) < 4.78 is 0. The van der Waals surface area contributed by atoms with Crippen LogP contribution in [-0.2, 0) is 0 Å². The number of nitrogens with one attached hydrogen (secondary N) is 1. The largest absolute Gasteiger partial charge is 0.371 e. The van der Waals surface area contributed by atoms with Gasteiger partial charge in [-0.1, -0.05) is 0 Å². The SMILES string of the molecule is CC(=O)c1ccc(N2CCN(c3ccnc(Nc4ccc(N5CCC(N6CCCC6)CC5)cc4)n3)CC2)cc1. The van der Waals surface area contributed by atoms with Crippen LogP contribution in [0.3, 0.4) is 0 Å². The Hall–Kier alpha value is -3.65. The number of hydrogen-bond donors (Lipinski definition) is 1. The van der Waals surface area contributed by atoms with Crippen molar-refractivity contribution in [2.75, 3.05) is 72.4 Å². The number of ketones is 1. The Kier molecular flexibility index (Phi) is 7.63. The molecule has 3 aliphatic heterocycles. The zero-order valence-corrected chi connectivity index (χ0v) is 22.9. The highest BCUT2D eigenvalue weighted by atomic mass is 16.1. The molecule has 39 heavy (non-hydrogen) atoms. The molecule has 8 heteroatoms. The van der Waals surface area contributed by atoms with E-state index < -0.39 is 0 Å². The Morgan fingerprint density at radius 1 is 0.744 bits per heavy atom. The summed E-state index contributed by atoms with van der Waals surface area (Å²) in [5, 5.41) is 3.39. The molecule has 2 aromatic carbocycles. The van der Waals surface area contributed by atoms with Gasteiger partial charge in [-0.05, 0) is 100 Å². The average Bonchev–Trinajstić information content (AvgIpc) is 3.53. The standard InChI is InChI=1S/C31H39N7O/c1-24(39)25-4-8-27(9-5-25)37-20-22-38(23-21-37)30-12-15-32-31(34-30)33-26-6-10-28(11-7-26)36-18-13-29(14-19-36)35-16-2-3-17-35/h4-12,15,29H,2-3,13-14,16-23H2,1H3,(H,32,33,34). The Morgan fingerprint density at radius 3 is 1.97 bits per heavy atom. The van der Waals surface area contributed by atoms with Gasteiger partial charge in [0.1, 0.15) is 5.82 Å². The molecule has 0 saturated carbocycles. The lowest BCUT2D eigenvalue weighted by Gasteiger charge is -2.37. The predicted octanol–water partition coefficient (Wildman–Crippen LogP) is 4.81. The number of nitrogens with zero attached hydrogens (tertiary/aromatic N) is 6. The summed E-state index contributed by atoms with van der Waals surface area (Å²) in [4.78, 5) is 30.7. The van der Waals surface area contributed by atoms with Crippen LogP contribution in [0.1, 0.15) is 43.0 Å². The van der Waals surface area contributed by atoms with E-state index in [4.69, 9.17) is 4.98 Å². The number of piperidine rings is 1. The average molecular weight is 526 g/mol. The number of hydrogen-bond acceptors (Lipinski definition) is 8. The summed E-state index contributed by atoms with van der Waals surface area (Å²) in [6, 6.07) is 19.4. The predicted molar refractivity (Wildman–Crippen MR) is 159 cm³/mol. The van der Waals surface area contributed by atoms with E-state index in [9.17, 15) is 4.79 Å². The number of carbonyl (C=O) groups is 1. The molecule has 0 bridgehead atoms. The molecule has 0 unspecified atom stereocenters. The van der Waals surface area contributed by atoms with Crippen molar-refractivity contribution in [3.05, 3.63) is 66.4 Å². The van der Waals surface area contributed by atoms with Crippen molar-refractivity contribution in [3.8, 4) is 0 Å². The van der Waals surface area contributed by atoms with Gasteiger partial charge in [0.05, 0.1) is 0 Å². The van der Waals surface area contributed by atoms with Crippen molar-refractivity contribution in [3.63, 3.8) is 0 Å². The van der Waals surface area contributed by atoms with Gasteiger partial charge >= 0.3 is 0 Å². The first-order chi connectivity index (χ1) is 19.1. The number of benzene rings is 2. The van der Waals surface area contributed by atoms with Crippen LogP contribution in [-0.4, -0.2) is 79.1 Å². The highest BCUT2D eigenvalue weighted by Gasteiger charge is 2.26. The first kappa shape index (κ1) is 25.6. The normalized spacial score (nSPS) is 18.9. The van der Waals surface area contributed by atoms with Crippen LogP contribution < -0.4 is 20.0 Å². The lowest BCUT2D eigenvalue weighted by molar-refractivity contribution is 0.101. The quantitative estimate of drug-likeness (QED) is 0.441. The summed E-state index contributed by atoms with van der Waals surface area (Å²) >= 11 is 0. The second-order valence-electron chi connectivity index (χ2n) is 10.9. The molecule has 3 fully saturated rings. The monoisotopic (exact) mass is 525 g/mol. The summed E-state index contributed by atoms with van der Waals surface area (Å²) in [6.07, 6.45) is 7.10. The fraction of sp³-hybridized carbons (Fsp3) is 0.452. The number of carbonyl (C=O) groups excluding carboxylic acids is 1. The number of aromatic nitrogens is 2. The first-order valence-electron chi connectivity index (χ1n) is 14.4. The summed E-state index contributed by atoms with van der Waals surface area (Å²) in [5.74, 6) is 1.66. The Bertz CT molecular complexity index is 1240. The van der Waals surface area contributed by atoms with Gasteiger partial charge in [0.25, 0.3) is 0 Å². The third kappa shape index (κ3) is 6.01. The van der Waals surface area contributed by atoms with Crippen molar-refractivity contribution in [2.24, 2.45) is 0 Å². The van der Waals surface area contributed by atoms with E-state index in [0.717, 1.165) is 68.1 Å². The molecule has 4 heterocycles. The molecular weight excluding hydrogens is 486 g/mol. The Morgan fingerprint density at radius 2 is 1.33 bits per heavy atom. The Balaban J connectivity index is 1.02. The first-order valence-corrected chi connectivity index (χ1v) is 14.4. The lowest BCUT2D eigenvalue weighted by Crippen LogP contribution is -2.46. The highest BCUT2D eigenvalue weighted by molar-refractivity contribution is 5.94. The molecule has 3 saturated heterocycles.